The number of non-ortho nitro benzene ring substituents is 1. The van der Waals surface area contributed by atoms with Crippen molar-refractivity contribution in [3.63, 3.8) is 0 Å². The molecule has 0 aliphatic heterocycles. The fourth-order valence-electron chi connectivity index (χ4n) is 2.42. The van der Waals surface area contributed by atoms with Crippen molar-refractivity contribution >= 4 is 17.3 Å². The minimum atomic E-state index is -0.451. The van der Waals surface area contributed by atoms with Crippen molar-refractivity contribution in [2.24, 2.45) is 0 Å². The van der Waals surface area contributed by atoms with Crippen LogP contribution < -0.4 is 10.2 Å². The van der Waals surface area contributed by atoms with Gasteiger partial charge in [0.05, 0.1) is 11.5 Å². The maximum Gasteiger partial charge on any atom is 0.269 e. The first-order valence-electron chi connectivity index (χ1n) is 6.82. The number of nitrogens with one attached hydrogen (secondary N) is 1. The molecule has 0 heterocycles. The number of nitro benzene ring substituents is 1. The molecule has 0 saturated heterocycles. The second-order valence-corrected chi connectivity index (χ2v) is 5.09. The van der Waals surface area contributed by atoms with E-state index in [9.17, 15) is 14.9 Å². The second-order valence-electron chi connectivity index (χ2n) is 5.09. The maximum absolute atomic E-state index is 12.0. The third-order valence-electron chi connectivity index (χ3n) is 3.72. The third kappa shape index (κ3) is 3.54. The lowest BCUT2D eigenvalue weighted by atomic mass is 10.2. The van der Waals surface area contributed by atoms with Crippen LogP contribution in [-0.4, -0.2) is 30.5 Å². The van der Waals surface area contributed by atoms with Crippen molar-refractivity contribution in [3.8, 4) is 0 Å². The van der Waals surface area contributed by atoms with Crippen LogP contribution in [-0.2, 0) is 4.79 Å². The molecule has 0 radical (unpaired) electrons. The summed E-state index contributed by atoms with van der Waals surface area (Å²) >= 11 is 0. The van der Waals surface area contributed by atoms with E-state index in [1.54, 1.807) is 19.2 Å². The maximum atomic E-state index is 12.0. The van der Waals surface area contributed by atoms with Crippen LogP contribution in [0.3, 0.4) is 0 Å². The summed E-state index contributed by atoms with van der Waals surface area (Å²) in [5, 5.41) is 13.8. The smallest absolute Gasteiger partial charge is 0.269 e. The van der Waals surface area contributed by atoms with Crippen molar-refractivity contribution in [3.05, 3.63) is 34.4 Å². The molecule has 6 heteroatoms. The van der Waals surface area contributed by atoms with Gasteiger partial charge in [-0.15, -0.1) is 0 Å². The minimum absolute atomic E-state index is 0.0266. The Morgan fingerprint density at radius 3 is 2.50 bits per heavy atom. The van der Waals surface area contributed by atoms with Gasteiger partial charge in [-0.05, 0) is 25.0 Å². The molecule has 2 rings (SSSR count). The number of hydrogen-bond donors (Lipinski definition) is 1. The minimum Gasteiger partial charge on any atom is -0.314 e. The topological polar surface area (TPSA) is 75.5 Å². The first kappa shape index (κ1) is 14.5. The fourth-order valence-corrected chi connectivity index (χ4v) is 2.42. The first-order chi connectivity index (χ1) is 9.58. The monoisotopic (exact) mass is 277 g/mol. The van der Waals surface area contributed by atoms with Crippen LogP contribution in [0.5, 0.6) is 0 Å². The largest absolute Gasteiger partial charge is 0.314 e. The van der Waals surface area contributed by atoms with E-state index >= 15 is 0 Å². The SMILES string of the molecule is CN(C(=O)CNC1CCCC1)c1ccc([N+](=O)[O-])cc1. The molecule has 1 aliphatic carbocycles. The van der Waals surface area contributed by atoms with E-state index < -0.39 is 4.92 Å². The Hall–Kier alpha value is -1.95. The molecule has 0 aromatic heterocycles. The molecule has 1 aromatic rings. The van der Waals surface area contributed by atoms with Gasteiger partial charge in [0.2, 0.25) is 5.91 Å². The number of amides is 1. The molecule has 108 valence electrons. The summed E-state index contributed by atoms with van der Waals surface area (Å²) < 4.78 is 0. The van der Waals surface area contributed by atoms with Crippen LogP contribution >= 0.6 is 0 Å². The normalized spacial score (nSPS) is 15.2. The molecule has 0 unspecified atom stereocenters. The predicted octanol–water partition coefficient (Wildman–Crippen LogP) is 2.09. The molecule has 6 nitrogen and oxygen atoms in total. The lowest BCUT2D eigenvalue weighted by Crippen LogP contribution is -2.39. The highest BCUT2D eigenvalue weighted by molar-refractivity contribution is 5.94. The highest BCUT2D eigenvalue weighted by atomic mass is 16.6. The van der Waals surface area contributed by atoms with Crippen molar-refractivity contribution in [1.82, 2.24) is 5.32 Å². The Morgan fingerprint density at radius 2 is 1.95 bits per heavy atom. The standard InChI is InChI=1S/C14H19N3O3/c1-16(12-6-8-13(9-7-12)17(19)20)14(18)10-15-11-4-2-3-5-11/h6-9,11,15H,2-5,10H2,1H3. The van der Waals surface area contributed by atoms with Gasteiger partial charge in [-0.25, -0.2) is 0 Å². The molecule has 0 bridgehead atoms. The molecule has 1 aromatic carbocycles. The number of hydrogen-bond acceptors (Lipinski definition) is 4. The van der Waals surface area contributed by atoms with Gasteiger partial charge in [0.15, 0.2) is 0 Å². The molecular formula is C14H19N3O3. The number of nitro groups is 1. The zero-order valence-electron chi connectivity index (χ0n) is 11.5. The number of rotatable bonds is 5. The van der Waals surface area contributed by atoms with Gasteiger partial charge in [0.1, 0.15) is 0 Å². The Kier molecular flexibility index (Phi) is 4.68. The summed E-state index contributed by atoms with van der Waals surface area (Å²) in [6, 6.07) is 6.44. The number of benzene rings is 1. The number of carbonyl (C=O) groups excluding carboxylic acids is 1. The van der Waals surface area contributed by atoms with E-state index in [0.29, 0.717) is 18.3 Å². The van der Waals surface area contributed by atoms with Crippen molar-refractivity contribution < 1.29 is 9.72 Å². The summed E-state index contributed by atoms with van der Waals surface area (Å²) in [6.45, 7) is 0.304. The van der Waals surface area contributed by atoms with Crippen LogP contribution in [0.15, 0.2) is 24.3 Å². The Bertz CT molecular complexity index is 481. The van der Waals surface area contributed by atoms with Gasteiger partial charge in [0.25, 0.3) is 5.69 Å². The van der Waals surface area contributed by atoms with Gasteiger partial charge in [-0.2, -0.15) is 0 Å². The molecule has 20 heavy (non-hydrogen) atoms. The van der Waals surface area contributed by atoms with Gasteiger partial charge in [-0.1, -0.05) is 12.8 Å². The Balaban J connectivity index is 1.90. The van der Waals surface area contributed by atoms with Crippen LogP contribution in [0.2, 0.25) is 0 Å². The summed E-state index contributed by atoms with van der Waals surface area (Å²) in [7, 11) is 1.68. The third-order valence-corrected chi connectivity index (χ3v) is 3.72. The fraction of sp³-hybridized carbons (Fsp3) is 0.500. The molecular weight excluding hydrogens is 258 g/mol. The van der Waals surface area contributed by atoms with Gasteiger partial charge in [-0.3, -0.25) is 14.9 Å². The summed E-state index contributed by atoms with van der Waals surface area (Å²) in [5.41, 5.74) is 0.688. The number of likely N-dealkylation sites (N-methyl/N-ethyl adjacent to an activating group) is 1. The van der Waals surface area contributed by atoms with Crippen LogP contribution in [0.1, 0.15) is 25.7 Å². The quantitative estimate of drug-likeness (QED) is 0.660. The van der Waals surface area contributed by atoms with Crippen LogP contribution in [0.25, 0.3) is 0 Å². The van der Waals surface area contributed by atoms with E-state index in [2.05, 4.69) is 5.32 Å². The zero-order chi connectivity index (χ0) is 14.5. The predicted molar refractivity (Wildman–Crippen MR) is 76.8 cm³/mol. The van der Waals surface area contributed by atoms with Crippen molar-refractivity contribution in [2.75, 3.05) is 18.5 Å². The molecule has 0 spiro atoms. The van der Waals surface area contributed by atoms with Crippen LogP contribution in [0, 0.1) is 10.1 Å². The van der Waals surface area contributed by atoms with E-state index in [4.69, 9.17) is 0 Å². The van der Waals surface area contributed by atoms with E-state index in [0.717, 1.165) is 12.8 Å². The van der Waals surface area contributed by atoms with Crippen molar-refractivity contribution in [1.29, 1.82) is 0 Å². The highest BCUT2D eigenvalue weighted by Gasteiger charge is 2.17. The number of nitrogens with zero attached hydrogens (tertiary/aromatic N) is 2. The molecule has 1 aliphatic rings. The van der Waals surface area contributed by atoms with Gasteiger partial charge < -0.3 is 10.2 Å². The molecule has 1 amide bonds. The number of carbonyl (C=O) groups is 1. The number of anilines is 1. The molecule has 1 saturated carbocycles. The second kappa shape index (κ2) is 6.47. The van der Waals surface area contributed by atoms with E-state index in [1.165, 1.54) is 29.9 Å². The van der Waals surface area contributed by atoms with Crippen molar-refractivity contribution in [2.45, 2.75) is 31.7 Å². The highest BCUT2D eigenvalue weighted by Crippen LogP contribution is 2.19. The lowest BCUT2D eigenvalue weighted by molar-refractivity contribution is -0.384. The van der Waals surface area contributed by atoms with Crippen LogP contribution in [0.4, 0.5) is 11.4 Å². The van der Waals surface area contributed by atoms with E-state index in [1.807, 2.05) is 0 Å². The average molecular weight is 277 g/mol. The summed E-state index contributed by atoms with van der Waals surface area (Å²) in [5.74, 6) is -0.0363. The first-order valence-corrected chi connectivity index (χ1v) is 6.82. The summed E-state index contributed by atoms with van der Waals surface area (Å²) in [4.78, 5) is 23.7. The average Bonchev–Trinajstić information content (AvgIpc) is 2.97. The van der Waals surface area contributed by atoms with E-state index in [-0.39, 0.29) is 11.6 Å². The zero-order valence-corrected chi connectivity index (χ0v) is 11.5. The molecule has 0 atom stereocenters. The van der Waals surface area contributed by atoms with Gasteiger partial charge >= 0.3 is 0 Å². The lowest BCUT2D eigenvalue weighted by Gasteiger charge is -2.19. The molecule has 1 N–H and O–H groups in total. The molecule has 1 fully saturated rings. The Labute approximate surface area is 117 Å². The summed E-state index contributed by atoms with van der Waals surface area (Å²) in [6.07, 6.45) is 4.72. The van der Waals surface area contributed by atoms with Gasteiger partial charge in [0, 0.05) is 30.9 Å². The Morgan fingerprint density at radius 1 is 1.35 bits per heavy atom.